The Hall–Kier alpha value is -3.12. The third-order valence-corrected chi connectivity index (χ3v) is 4.65. The van der Waals surface area contributed by atoms with Gasteiger partial charge in [-0.1, -0.05) is 30.7 Å². The molecule has 3 rings (SSSR count). The number of benzene rings is 2. The molecule has 1 aliphatic rings. The monoisotopic (exact) mass is 398 g/mol. The molecule has 2 aromatic carbocycles. The largest absolute Gasteiger partial charge is 0.462 e. The van der Waals surface area contributed by atoms with E-state index in [9.17, 15) is 14.4 Å². The van der Waals surface area contributed by atoms with E-state index in [2.05, 4.69) is 5.32 Å². The van der Waals surface area contributed by atoms with Crippen LogP contribution in [0.15, 0.2) is 59.3 Å². The average molecular weight is 399 g/mol. The molecule has 1 heterocycles. The number of nitrogens with zero attached hydrogens (tertiary/aromatic N) is 1. The fourth-order valence-electron chi connectivity index (χ4n) is 2.77. The van der Waals surface area contributed by atoms with Crippen molar-refractivity contribution in [1.29, 1.82) is 0 Å². The summed E-state index contributed by atoms with van der Waals surface area (Å²) in [6.45, 7) is 4.02. The van der Waals surface area contributed by atoms with Crippen molar-refractivity contribution in [3.63, 3.8) is 0 Å². The van der Waals surface area contributed by atoms with Crippen molar-refractivity contribution >= 4 is 40.8 Å². The molecule has 2 amide bonds. The van der Waals surface area contributed by atoms with Gasteiger partial charge >= 0.3 is 5.97 Å². The normalized spacial score (nSPS) is 13.9. The number of halogens is 1. The molecular formula is C21H19ClN2O4. The SMILES string of the molecule is CCOC(=O)c1ccc(N2C(=O)C(Cl)=C(Nc3ccc(CC)cc3)C2=O)cc1. The van der Waals surface area contributed by atoms with E-state index in [0.29, 0.717) is 16.9 Å². The van der Waals surface area contributed by atoms with Crippen LogP contribution < -0.4 is 10.2 Å². The van der Waals surface area contributed by atoms with Gasteiger partial charge in [0.25, 0.3) is 11.8 Å². The number of carbonyl (C=O) groups excluding carboxylic acids is 3. The molecule has 1 N–H and O–H groups in total. The Labute approximate surface area is 167 Å². The molecule has 0 radical (unpaired) electrons. The number of rotatable bonds is 6. The molecule has 0 spiro atoms. The van der Waals surface area contributed by atoms with Gasteiger partial charge in [-0.3, -0.25) is 9.59 Å². The molecule has 0 aliphatic carbocycles. The standard InChI is InChI=1S/C21H19ClN2O4/c1-3-13-5-9-15(10-6-13)23-18-17(22)19(25)24(20(18)26)16-11-7-14(8-12-16)21(27)28-4-2/h5-12,23H,3-4H2,1-2H3. The minimum absolute atomic E-state index is 0.0189. The molecule has 0 aromatic heterocycles. The molecule has 0 saturated carbocycles. The van der Waals surface area contributed by atoms with Gasteiger partial charge in [-0.2, -0.15) is 0 Å². The number of esters is 1. The quantitative estimate of drug-likeness (QED) is 0.590. The summed E-state index contributed by atoms with van der Waals surface area (Å²) in [6.07, 6.45) is 0.900. The second-order valence-electron chi connectivity index (χ2n) is 6.08. The second kappa shape index (κ2) is 8.27. The third kappa shape index (κ3) is 3.77. The zero-order chi connectivity index (χ0) is 20.3. The molecule has 7 heteroatoms. The van der Waals surface area contributed by atoms with Gasteiger partial charge < -0.3 is 10.1 Å². The van der Waals surface area contributed by atoms with Crippen molar-refractivity contribution < 1.29 is 19.1 Å². The van der Waals surface area contributed by atoms with E-state index in [4.69, 9.17) is 16.3 Å². The van der Waals surface area contributed by atoms with Gasteiger partial charge in [0.05, 0.1) is 17.9 Å². The first-order valence-corrected chi connectivity index (χ1v) is 9.25. The topological polar surface area (TPSA) is 75.7 Å². The Kier molecular flexibility index (Phi) is 5.80. The molecule has 1 aliphatic heterocycles. The number of hydrogen-bond acceptors (Lipinski definition) is 5. The first-order chi connectivity index (χ1) is 13.5. The highest BCUT2D eigenvalue weighted by atomic mass is 35.5. The van der Waals surface area contributed by atoms with Crippen molar-refractivity contribution in [2.24, 2.45) is 0 Å². The summed E-state index contributed by atoms with van der Waals surface area (Å²) in [5, 5.41) is 2.75. The zero-order valence-corrected chi connectivity index (χ0v) is 16.2. The third-order valence-electron chi connectivity index (χ3n) is 4.30. The highest BCUT2D eigenvalue weighted by molar-refractivity contribution is 6.53. The van der Waals surface area contributed by atoms with Gasteiger partial charge in [0.2, 0.25) is 0 Å². The summed E-state index contributed by atoms with van der Waals surface area (Å²) in [7, 11) is 0. The van der Waals surface area contributed by atoms with Crippen LogP contribution in [0.3, 0.4) is 0 Å². The molecule has 6 nitrogen and oxygen atoms in total. The van der Waals surface area contributed by atoms with E-state index in [1.165, 1.54) is 24.3 Å². The summed E-state index contributed by atoms with van der Waals surface area (Å²) in [5.41, 5.74) is 2.48. The van der Waals surface area contributed by atoms with Crippen LogP contribution in [-0.4, -0.2) is 24.4 Å². The van der Waals surface area contributed by atoms with Crippen molar-refractivity contribution in [3.8, 4) is 0 Å². The molecule has 0 saturated heterocycles. The second-order valence-corrected chi connectivity index (χ2v) is 6.46. The molecule has 2 aromatic rings. The Morgan fingerprint density at radius 2 is 1.64 bits per heavy atom. The average Bonchev–Trinajstić information content (AvgIpc) is 2.92. The number of imide groups is 1. The fourth-order valence-corrected chi connectivity index (χ4v) is 2.99. The minimum atomic E-state index is -0.622. The predicted molar refractivity (Wildman–Crippen MR) is 107 cm³/mol. The van der Waals surface area contributed by atoms with Crippen LogP contribution in [0.1, 0.15) is 29.8 Å². The van der Waals surface area contributed by atoms with Crippen molar-refractivity contribution in [1.82, 2.24) is 0 Å². The van der Waals surface area contributed by atoms with Gasteiger partial charge in [-0.05, 0) is 55.3 Å². The highest BCUT2D eigenvalue weighted by Gasteiger charge is 2.39. The highest BCUT2D eigenvalue weighted by Crippen LogP contribution is 2.30. The molecule has 144 valence electrons. The van der Waals surface area contributed by atoms with Crippen molar-refractivity contribution in [2.45, 2.75) is 20.3 Å². The lowest BCUT2D eigenvalue weighted by Gasteiger charge is -2.15. The van der Waals surface area contributed by atoms with Gasteiger partial charge in [-0.25, -0.2) is 9.69 Å². The summed E-state index contributed by atoms with van der Waals surface area (Å²) in [6, 6.07) is 13.5. The van der Waals surface area contributed by atoms with Gasteiger partial charge in [-0.15, -0.1) is 0 Å². The van der Waals surface area contributed by atoms with E-state index < -0.39 is 17.8 Å². The van der Waals surface area contributed by atoms with Crippen LogP contribution in [-0.2, 0) is 20.7 Å². The van der Waals surface area contributed by atoms with E-state index in [0.717, 1.165) is 16.9 Å². The van der Waals surface area contributed by atoms with Crippen LogP contribution in [0.2, 0.25) is 0 Å². The molecule has 0 unspecified atom stereocenters. The molecule has 28 heavy (non-hydrogen) atoms. The molecule has 0 fully saturated rings. The maximum atomic E-state index is 12.8. The van der Waals surface area contributed by atoms with E-state index >= 15 is 0 Å². The maximum Gasteiger partial charge on any atom is 0.338 e. The van der Waals surface area contributed by atoms with Gasteiger partial charge in [0.15, 0.2) is 0 Å². The molecule has 0 atom stereocenters. The maximum absolute atomic E-state index is 12.8. The summed E-state index contributed by atoms with van der Waals surface area (Å²) in [5.74, 6) is -1.65. The molecular weight excluding hydrogens is 380 g/mol. The Morgan fingerprint density at radius 3 is 2.21 bits per heavy atom. The van der Waals surface area contributed by atoms with Crippen LogP contribution in [0, 0.1) is 0 Å². The van der Waals surface area contributed by atoms with Crippen LogP contribution >= 0.6 is 11.6 Å². The summed E-state index contributed by atoms with van der Waals surface area (Å²) < 4.78 is 4.93. The Morgan fingerprint density at radius 1 is 1.00 bits per heavy atom. The Balaban J connectivity index is 1.81. The fraction of sp³-hybridized carbons (Fsp3) is 0.190. The predicted octanol–water partition coefficient (Wildman–Crippen LogP) is 3.86. The lowest BCUT2D eigenvalue weighted by molar-refractivity contribution is -0.120. The first-order valence-electron chi connectivity index (χ1n) is 8.88. The number of hydrogen-bond donors (Lipinski definition) is 1. The van der Waals surface area contributed by atoms with Crippen molar-refractivity contribution in [2.75, 3.05) is 16.8 Å². The number of nitrogens with one attached hydrogen (secondary N) is 1. The van der Waals surface area contributed by atoms with Crippen LogP contribution in [0.25, 0.3) is 0 Å². The number of carbonyl (C=O) groups is 3. The number of aryl methyl sites for hydroxylation is 1. The van der Waals surface area contributed by atoms with E-state index in [1.54, 1.807) is 6.92 Å². The minimum Gasteiger partial charge on any atom is -0.462 e. The van der Waals surface area contributed by atoms with Crippen LogP contribution in [0.5, 0.6) is 0 Å². The lowest BCUT2D eigenvalue weighted by atomic mass is 10.1. The van der Waals surface area contributed by atoms with Crippen LogP contribution in [0.4, 0.5) is 11.4 Å². The first kappa shape index (κ1) is 19.6. The lowest BCUT2D eigenvalue weighted by Crippen LogP contribution is -2.32. The number of ether oxygens (including phenoxy) is 1. The number of amides is 2. The zero-order valence-electron chi connectivity index (χ0n) is 15.5. The smallest absolute Gasteiger partial charge is 0.338 e. The number of anilines is 2. The van der Waals surface area contributed by atoms with E-state index in [1.807, 2.05) is 31.2 Å². The Bertz CT molecular complexity index is 949. The van der Waals surface area contributed by atoms with Gasteiger partial charge in [0, 0.05) is 5.69 Å². The summed E-state index contributed by atoms with van der Waals surface area (Å²) in [4.78, 5) is 38.0. The molecule has 0 bridgehead atoms. The van der Waals surface area contributed by atoms with Gasteiger partial charge in [0.1, 0.15) is 10.7 Å². The summed E-state index contributed by atoms with van der Waals surface area (Å²) >= 11 is 6.13. The van der Waals surface area contributed by atoms with Crippen molar-refractivity contribution in [3.05, 3.63) is 70.4 Å². The van der Waals surface area contributed by atoms with E-state index in [-0.39, 0.29) is 17.3 Å².